The van der Waals surface area contributed by atoms with Crippen molar-refractivity contribution in [2.45, 2.75) is 36.1 Å². The molecular weight excluding hydrogens is 369 g/mol. The topological polar surface area (TPSA) is 109 Å². The second kappa shape index (κ2) is 6.63. The number of imidazole rings is 1. The summed E-state index contributed by atoms with van der Waals surface area (Å²) in [6.45, 7) is 3.54. The van der Waals surface area contributed by atoms with Gasteiger partial charge < -0.3 is 24.9 Å². The van der Waals surface area contributed by atoms with Crippen LogP contribution < -0.4 is 56.5 Å². The van der Waals surface area contributed by atoms with E-state index in [4.69, 9.17) is 0 Å². The molecule has 126 valence electrons. The average molecular weight is 385 g/mol. The Hall–Kier alpha value is -0.424. The summed E-state index contributed by atoms with van der Waals surface area (Å²) in [6, 6.07) is 6.37. The van der Waals surface area contributed by atoms with Crippen LogP contribution in [-0.4, -0.2) is 48.0 Å². The minimum atomic E-state index is -1.26. The van der Waals surface area contributed by atoms with Crippen LogP contribution in [0.3, 0.4) is 0 Å². The Morgan fingerprint density at radius 1 is 1.44 bits per heavy atom. The number of nitrogens with zero attached hydrogens (tertiary/aromatic N) is 2. The zero-order valence-electron chi connectivity index (χ0n) is 14.1. The molecule has 4 rings (SSSR count). The van der Waals surface area contributed by atoms with E-state index in [1.807, 2.05) is 24.3 Å². The van der Waals surface area contributed by atoms with Crippen LogP contribution in [0.15, 0.2) is 24.3 Å². The molecule has 0 radical (unpaired) electrons. The minimum Gasteiger partial charge on any atom is -0.548 e. The second-order valence-corrected chi connectivity index (χ2v) is 8.46. The molecule has 1 aromatic carbocycles. The fourth-order valence-corrected chi connectivity index (χ4v) is 5.31. The number of H-pyrrole nitrogens is 1. The molecule has 2 aromatic rings. The fourth-order valence-electron chi connectivity index (χ4n) is 3.60. The molecule has 0 spiro atoms. The molecule has 9 heteroatoms. The molecule has 7 nitrogen and oxygen atoms in total. The van der Waals surface area contributed by atoms with Crippen molar-refractivity contribution in [3.63, 3.8) is 0 Å². The van der Waals surface area contributed by atoms with Gasteiger partial charge in [0.25, 0.3) is 0 Å². The third-order valence-corrected chi connectivity index (χ3v) is 6.33. The van der Waals surface area contributed by atoms with Crippen molar-refractivity contribution in [1.29, 1.82) is 0 Å². The average Bonchev–Trinajstić information content (AvgIpc) is 3.04. The van der Waals surface area contributed by atoms with Crippen molar-refractivity contribution in [3.05, 3.63) is 30.1 Å². The van der Waals surface area contributed by atoms with Crippen LogP contribution >= 0.6 is 11.8 Å². The summed E-state index contributed by atoms with van der Waals surface area (Å²) in [7, 11) is 0. The molecule has 2 saturated heterocycles. The summed E-state index contributed by atoms with van der Waals surface area (Å²) >= 11 is 1.38. The number of carboxylic acids is 1. The van der Waals surface area contributed by atoms with E-state index in [1.54, 1.807) is 13.8 Å². The van der Waals surface area contributed by atoms with Gasteiger partial charge in [-0.05, 0) is 26.0 Å². The third kappa shape index (κ3) is 2.89. The molecule has 2 N–H and O–H groups in total. The van der Waals surface area contributed by atoms with Crippen LogP contribution in [0.4, 0.5) is 0 Å². The first-order valence-electron chi connectivity index (χ1n) is 7.65. The smallest absolute Gasteiger partial charge is 0.548 e. The fraction of sp³-hybridized carbons (Fsp3) is 0.438. The van der Waals surface area contributed by atoms with Crippen LogP contribution in [0.25, 0.3) is 11.0 Å². The molecule has 1 amide bonds. The predicted molar refractivity (Wildman–Crippen MR) is 85.6 cm³/mol. The summed E-state index contributed by atoms with van der Waals surface area (Å²) in [4.78, 5) is 32.6. The Kier molecular flexibility index (Phi) is 5.13. The van der Waals surface area contributed by atoms with Crippen LogP contribution in [0.5, 0.6) is 0 Å². The van der Waals surface area contributed by atoms with E-state index in [0.717, 1.165) is 5.52 Å². The summed E-state index contributed by atoms with van der Waals surface area (Å²) < 4.78 is -0.665. The van der Waals surface area contributed by atoms with Crippen molar-refractivity contribution < 1.29 is 71.2 Å². The molecule has 0 saturated carbocycles. The van der Waals surface area contributed by atoms with Gasteiger partial charge in [0.05, 0.1) is 28.4 Å². The number of para-hydroxylation sites is 2. The van der Waals surface area contributed by atoms with Crippen LogP contribution in [0.1, 0.15) is 25.8 Å². The zero-order chi connectivity index (χ0) is 17.2. The molecule has 0 unspecified atom stereocenters. The number of hydrogen-bond donors (Lipinski definition) is 2. The first-order chi connectivity index (χ1) is 11.3. The van der Waals surface area contributed by atoms with Gasteiger partial charge >= 0.3 is 51.4 Å². The molecule has 2 aliphatic heterocycles. The van der Waals surface area contributed by atoms with Crippen LogP contribution in [0, 0.1) is 5.92 Å². The molecular formula is C16H16KN3O4S. The quantitative estimate of drug-likeness (QED) is 0.431. The van der Waals surface area contributed by atoms with Crippen LogP contribution in [-0.2, 0) is 9.59 Å². The number of aliphatic carboxylic acids is 1. The van der Waals surface area contributed by atoms with E-state index in [9.17, 15) is 19.8 Å². The number of nitrogens with one attached hydrogen (secondary N) is 1. The number of benzene rings is 1. The summed E-state index contributed by atoms with van der Waals surface area (Å²) in [5.74, 6) is -2.02. The number of carbonyl (C=O) groups is 2. The van der Waals surface area contributed by atoms with Crippen molar-refractivity contribution in [2.24, 2.45) is 5.92 Å². The first-order valence-corrected chi connectivity index (χ1v) is 8.53. The molecule has 4 atom stereocenters. The molecule has 1 aromatic heterocycles. The maximum atomic E-state index is 12.5. The number of aliphatic hydroxyl groups excluding tert-OH is 1. The number of aromatic nitrogens is 2. The Morgan fingerprint density at radius 3 is 2.76 bits per heavy atom. The number of amides is 1. The van der Waals surface area contributed by atoms with Gasteiger partial charge in [-0.25, -0.2) is 4.98 Å². The van der Waals surface area contributed by atoms with Gasteiger partial charge in [-0.2, -0.15) is 0 Å². The maximum absolute atomic E-state index is 12.5. The Balaban J connectivity index is 0.00000182. The Morgan fingerprint density at radius 2 is 2.12 bits per heavy atom. The number of rotatable bonds is 3. The second-order valence-electron chi connectivity index (χ2n) is 6.69. The largest absolute Gasteiger partial charge is 1.00 e. The van der Waals surface area contributed by atoms with E-state index in [2.05, 4.69) is 9.97 Å². The number of fused-ring (bicyclic) bond motifs is 2. The zero-order valence-corrected chi connectivity index (χ0v) is 18.0. The first kappa shape index (κ1) is 19.3. The SMILES string of the molecule is CC1(C)S[C@@H]2[C@H]([C@H](O)c3nc4ccccc4[nH]3)C(=O)N2[C@H]1C(=O)[O-].[K+]. The van der Waals surface area contributed by atoms with E-state index in [1.165, 1.54) is 16.7 Å². The molecule has 25 heavy (non-hydrogen) atoms. The van der Waals surface area contributed by atoms with Crippen molar-refractivity contribution >= 4 is 34.7 Å². The van der Waals surface area contributed by atoms with E-state index in [0.29, 0.717) is 11.3 Å². The van der Waals surface area contributed by atoms with Crippen molar-refractivity contribution in [1.82, 2.24) is 14.9 Å². The summed E-state index contributed by atoms with van der Waals surface area (Å²) in [5.41, 5.74) is 1.49. The van der Waals surface area contributed by atoms with Gasteiger partial charge in [0.15, 0.2) is 0 Å². The summed E-state index contributed by atoms with van der Waals surface area (Å²) in [6.07, 6.45) is -1.10. The van der Waals surface area contributed by atoms with Crippen LogP contribution in [0.2, 0.25) is 0 Å². The Bertz CT molecular complexity index is 822. The van der Waals surface area contributed by atoms with E-state index < -0.39 is 34.2 Å². The van der Waals surface area contributed by atoms with Gasteiger partial charge in [-0.15, -0.1) is 11.8 Å². The molecule has 2 aliphatic rings. The number of carbonyl (C=O) groups excluding carboxylic acids is 2. The normalized spacial score (nSPS) is 28.2. The molecule has 2 fully saturated rings. The Labute approximate surface area is 191 Å². The number of carboxylic acid groups (broad SMARTS) is 1. The molecule has 0 bridgehead atoms. The van der Waals surface area contributed by atoms with Crippen molar-refractivity contribution in [2.75, 3.05) is 0 Å². The number of β-lactam (4-membered cyclic amide) rings is 1. The molecule has 3 heterocycles. The van der Waals surface area contributed by atoms with Crippen molar-refractivity contribution in [3.8, 4) is 0 Å². The summed E-state index contributed by atoms with van der Waals surface area (Å²) in [5, 5.41) is 21.7. The molecule has 0 aliphatic carbocycles. The number of aromatic amines is 1. The number of thioether (sulfide) groups is 1. The van der Waals surface area contributed by atoms with E-state index >= 15 is 0 Å². The van der Waals surface area contributed by atoms with Gasteiger partial charge in [-0.3, -0.25) is 4.79 Å². The van der Waals surface area contributed by atoms with E-state index in [-0.39, 0.29) is 57.3 Å². The maximum Gasteiger partial charge on any atom is 1.00 e. The van der Waals surface area contributed by atoms with Gasteiger partial charge in [0, 0.05) is 4.75 Å². The van der Waals surface area contributed by atoms with Gasteiger partial charge in [0.1, 0.15) is 17.8 Å². The number of hydrogen-bond acceptors (Lipinski definition) is 6. The third-order valence-electron chi connectivity index (χ3n) is 4.73. The monoisotopic (exact) mass is 385 g/mol. The minimum absolute atomic E-state index is 0. The predicted octanol–water partition coefficient (Wildman–Crippen LogP) is -2.97. The number of aliphatic hydroxyl groups is 1. The van der Waals surface area contributed by atoms with Gasteiger partial charge in [-0.1, -0.05) is 12.1 Å². The standard InChI is InChI=1S/C16H17N3O4S.K/c1-16(2)11(15(22)23)19-13(21)9(14(19)24-16)10(20)12-17-7-5-3-4-6-8(7)18-12;/h3-6,9-11,14,20H,1-2H3,(H,17,18)(H,22,23);/q;+1/p-1/t9-,10+,11+,14-;/m1./s1. The van der Waals surface area contributed by atoms with Gasteiger partial charge in [0.2, 0.25) is 5.91 Å².